The van der Waals surface area contributed by atoms with E-state index < -0.39 is 0 Å². The summed E-state index contributed by atoms with van der Waals surface area (Å²) < 4.78 is 10.7. The van der Waals surface area contributed by atoms with Gasteiger partial charge in [-0.05, 0) is 48.6 Å². The van der Waals surface area contributed by atoms with Crippen molar-refractivity contribution in [2.24, 2.45) is 5.92 Å². The van der Waals surface area contributed by atoms with Crippen LogP contribution in [0.3, 0.4) is 0 Å². The summed E-state index contributed by atoms with van der Waals surface area (Å²) in [6, 6.07) is 6.50. The molecule has 1 aliphatic heterocycles. The van der Waals surface area contributed by atoms with Crippen LogP contribution in [0.4, 0.5) is 0 Å². The Morgan fingerprint density at radius 3 is 2.33 bits per heavy atom. The number of ether oxygens (including phenoxy) is 2. The summed E-state index contributed by atoms with van der Waals surface area (Å²) in [5.74, 6) is 4.90. The van der Waals surface area contributed by atoms with E-state index in [1.54, 1.807) is 14.2 Å². The highest BCUT2D eigenvalue weighted by atomic mass is 32.2. The first-order chi connectivity index (χ1) is 8.78. The fraction of sp³-hybridized carbons (Fsp3) is 0.571. The van der Waals surface area contributed by atoms with Crippen molar-refractivity contribution in [1.82, 2.24) is 5.32 Å². The van der Waals surface area contributed by atoms with E-state index in [0.717, 1.165) is 11.5 Å². The largest absolute Gasteiger partial charge is 0.497 e. The first kappa shape index (κ1) is 13.6. The molecule has 1 aromatic rings. The summed E-state index contributed by atoms with van der Waals surface area (Å²) >= 11 is 2.04. The van der Waals surface area contributed by atoms with E-state index in [1.165, 1.54) is 23.5 Å². The van der Waals surface area contributed by atoms with Gasteiger partial charge in [0.2, 0.25) is 0 Å². The lowest BCUT2D eigenvalue weighted by atomic mass is 9.92. The van der Waals surface area contributed by atoms with E-state index >= 15 is 0 Å². The second-order valence-corrected chi connectivity index (χ2v) is 5.69. The van der Waals surface area contributed by atoms with E-state index in [1.807, 2.05) is 24.9 Å². The van der Waals surface area contributed by atoms with Crippen molar-refractivity contribution in [3.63, 3.8) is 0 Å². The molecule has 1 aromatic carbocycles. The van der Waals surface area contributed by atoms with Gasteiger partial charge >= 0.3 is 0 Å². The number of hydrogen-bond donors (Lipinski definition) is 1. The molecule has 0 spiro atoms. The molecule has 1 saturated heterocycles. The molecular weight excluding hydrogens is 246 g/mol. The first-order valence-corrected chi connectivity index (χ1v) is 7.42. The third-order valence-electron chi connectivity index (χ3n) is 3.48. The third-order valence-corrected chi connectivity index (χ3v) is 4.67. The minimum absolute atomic E-state index is 0.379. The predicted octanol–water partition coefficient (Wildman–Crippen LogP) is 2.72. The average Bonchev–Trinajstić information content (AvgIpc) is 2.93. The number of hydrogen-bond acceptors (Lipinski definition) is 4. The second kappa shape index (κ2) is 6.34. The van der Waals surface area contributed by atoms with Crippen LogP contribution in [0.15, 0.2) is 18.2 Å². The summed E-state index contributed by atoms with van der Waals surface area (Å²) in [7, 11) is 5.41. The molecule has 1 aliphatic rings. The van der Waals surface area contributed by atoms with Crippen molar-refractivity contribution in [3.8, 4) is 11.5 Å². The molecule has 1 fully saturated rings. The fourth-order valence-electron chi connectivity index (χ4n) is 2.50. The van der Waals surface area contributed by atoms with Gasteiger partial charge in [-0.3, -0.25) is 0 Å². The van der Waals surface area contributed by atoms with Gasteiger partial charge < -0.3 is 14.8 Å². The Morgan fingerprint density at radius 2 is 1.89 bits per heavy atom. The Kier molecular flexibility index (Phi) is 4.78. The average molecular weight is 267 g/mol. The van der Waals surface area contributed by atoms with Crippen LogP contribution < -0.4 is 14.8 Å². The maximum Gasteiger partial charge on any atom is 0.122 e. The number of rotatable bonds is 5. The van der Waals surface area contributed by atoms with E-state index in [0.29, 0.717) is 12.0 Å². The van der Waals surface area contributed by atoms with Crippen LogP contribution in [0.25, 0.3) is 0 Å². The van der Waals surface area contributed by atoms with Gasteiger partial charge in [0, 0.05) is 12.1 Å². The van der Waals surface area contributed by atoms with Crippen molar-refractivity contribution >= 4 is 11.8 Å². The van der Waals surface area contributed by atoms with Gasteiger partial charge in [0.05, 0.1) is 14.2 Å². The first-order valence-electron chi connectivity index (χ1n) is 6.26. The zero-order valence-corrected chi connectivity index (χ0v) is 12.0. The number of nitrogens with one attached hydrogen (secondary N) is 1. The van der Waals surface area contributed by atoms with Crippen molar-refractivity contribution in [2.75, 3.05) is 32.8 Å². The van der Waals surface area contributed by atoms with Gasteiger partial charge in [-0.2, -0.15) is 11.8 Å². The van der Waals surface area contributed by atoms with Crippen LogP contribution in [0, 0.1) is 5.92 Å². The Balaban J connectivity index is 2.28. The third kappa shape index (κ3) is 2.93. The summed E-state index contributed by atoms with van der Waals surface area (Å²) in [5, 5.41) is 3.44. The lowest BCUT2D eigenvalue weighted by molar-refractivity contribution is 0.383. The molecule has 100 valence electrons. The van der Waals surface area contributed by atoms with Gasteiger partial charge in [0.1, 0.15) is 11.5 Å². The number of benzene rings is 1. The molecule has 4 heteroatoms. The van der Waals surface area contributed by atoms with Crippen molar-refractivity contribution in [2.45, 2.75) is 12.5 Å². The van der Waals surface area contributed by atoms with E-state index in [4.69, 9.17) is 9.47 Å². The lowest BCUT2D eigenvalue weighted by Crippen LogP contribution is -2.25. The molecule has 0 radical (unpaired) electrons. The van der Waals surface area contributed by atoms with Gasteiger partial charge in [-0.25, -0.2) is 0 Å². The smallest absolute Gasteiger partial charge is 0.122 e. The Labute approximate surface area is 113 Å². The van der Waals surface area contributed by atoms with Crippen molar-refractivity contribution in [3.05, 3.63) is 23.8 Å². The van der Waals surface area contributed by atoms with Gasteiger partial charge in [0.15, 0.2) is 0 Å². The topological polar surface area (TPSA) is 30.5 Å². The Hall–Kier alpha value is -0.870. The molecule has 2 rings (SSSR count). The van der Waals surface area contributed by atoms with Crippen LogP contribution >= 0.6 is 11.8 Å². The van der Waals surface area contributed by atoms with Crippen LogP contribution in [0.2, 0.25) is 0 Å². The molecule has 3 nitrogen and oxygen atoms in total. The van der Waals surface area contributed by atoms with Crippen molar-refractivity contribution in [1.29, 1.82) is 0 Å². The van der Waals surface area contributed by atoms with Gasteiger partial charge in [-0.1, -0.05) is 0 Å². The quantitative estimate of drug-likeness (QED) is 0.888. The van der Waals surface area contributed by atoms with Gasteiger partial charge in [0.25, 0.3) is 0 Å². The molecular formula is C14H21NO2S. The van der Waals surface area contributed by atoms with Crippen LogP contribution in [-0.2, 0) is 0 Å². The number of thioether (sulfide) groups is 1. The lowest BCUT2D eigenvalue weighted by Gasteiger charge is -2.23. The zero-order chi connectivity index (χ0) is 13.0. The highest BCUT2D eigenvalue weighted by molar-refractivity contribution is 7.99. The summed E-state index contributed by atoms with van der Waals surface area (Å²) in [5.41, 5.74) is 1.25. The summed E-state index contributed by atoms with van der Waals surface area (Å²) in [6.07, 6.45) is 1.27. The molecule has 0 aliphatic carbocycles. The molecule has 0 amide bonds. The molecule has 0 bridgehead atoms. The van der Waals surface area contributed by atoms with Crippen LogP contribution in [0.1, 0.15) is 18.0 Å². The van der Waals surface area contributed by atoms with Gasteiger partial charge in [-0.15, -0.1) is 0 Å². The summed E-state index contributed by atoms with van der Waals surface area (Å²) in [6.45, 7) is 0. The molecule has 2 atom stereocenters. The number of methoxy groups -OCH3 is 2. The highest BCUT2D eigenvalue weighted by Crippen LogP contribution is 2.36. The van der Waals surface area contributed by atoms with Crippen LogP contribution in [0.5, 0.6) is 11.5 Å². The maximum atomic E-state index is 5.34. The SMILES string of the molecule is CNC(c1cc(OC)cc(OC)c1)C1CCSC1. The minimum atomic E-state index is 0.379. The standard InChI is InChI=1S/C14H21NO2S/c1-15-14(10-4-5-18-9-10)11-6-12(16-2)8-13(7-11)17-3/h6-8,10,14-15H,4-5,9H2,1-3H3. The molecule has 0 aromatic heterocycles. The molecule has 18 heavy (non-hydrogen) atoms. The predicted molar refractivity (Wildman–Crippen MR) is 76.8 cm³/mol. The van der Waals surface area contributed by atoms with E-state index in [9.17, 15) is 0 Å². The molecule has 1 N–H and O–H groups in total. The minimum Gasteiger partial charge on any atom is -0.497 e. The fourth-order valence-corrected chi connectivity index (χ4v) is 3.80. The van der Waals surface area contributed by atoms with Crippen LogP contribution in [-0.4, -0.2) is 32.8 Å². The van der Waals surface area contributed by atoms with Crippen molar-refractivity contribution < 1.29 is 9.47 Å². The molecule has 0 saturated carbocycles. The summed E-state index contributed by atoms with van der Waals surface area (Å²) in [4.78, 5) is 0. The Bertz CT molecular complexity index is 369. The zero-order valence-electron chi connectivity index (χ0n) is 11.2. The van der Waals surface area contributed by atoms with E-state index in [-0.39, 0.29) is 0 Å². The highest BCUT2D eigenvalue weighted by Gasteiger charge is 2.26. The molecule has 1 heterocycles. The second-order valence-electron chi connectivity index (χ2n) is 4.54. The monoisotopic (exact) mass is 267 g/mol. The normalized spacial score (nSPS) is 20.7. The maximum absolute atomic E-state index is 5.34. The Morgan fingerprint density at radius 1 is 1.22 bits per heavy atom. The molecule has 2 unspecified atom stereocenters. The van der Waals surface area contributed by atoms with E-state index in [2.05, 4.69) is 17.4 Å².